The quantitative estimate of drug-likeness (QED) is 0.294. The van der Waals surface area contributed by atoms with Crippen LogP contribution in [-0.2, 0) is 15.7 Å². The summed E-state index contributed by atoms with van der Waals surface area (Å²) in [5.74, 6) is 0.415. The Morgan fingerprint density at radius 3 is 2.23 bits per heavy atom. The van der Waals surface area contributed by atoms with Crippen LogP contribution in [0.3, 0.4) is 0 Å². The Balaban J connectivity index is 3.38. The number of nitrogens with zero attached hydrogens (tertiary/aromatic N) is 1. The van der Waals surface area contributed by atoms with E-state index >= 15 is 0 Å². The monoisotopic (exact) mass is 433 g/mol. The second kappa shape index (κ2) is 11.7. The minimum atomic E-state index is -2.04. The predicted octanol–water partition coefficient (Wildman–Crippen LogP) is 7.03. The molecule has 0 heterocycles. The van der Waals surface area contributed by atoms with E-state index in [0.29, 0.717) is 19.1 Å². The second-order valence-electron chi connectivity index (χ2n) is 9.88. The summed E-state index contributed by atoms with van der Waals surface area (Å²) in [6.45, 7) is 20.4. The average molecular weight is 434 g/mol. The van der Waals surface area contributed by atoms with Crippen molar-refractivity contribution in [3.05, 3.63) is 48.0 Å². The molecule has 0 fully saturated rings. The molecule has 0 saturated heterocycles. The average Bonchev–Trinajstić information content (AvgIpc) is 2.64. The van der Waals surface area contributed by atoms with E-state index in [0.717, 1.165) is 12.0 Å². The molecule has 0 aliphatic carbocycles. The lowest BCUT2D eigenvalue weighted by atomic mass is 9.97. The van der Waals surface area contributed by atoms with E-state index in [1.807, 2.05) is 43.0 Å². The summed E-state index contributed by atoms with van der Waals surface area (Å²) in [4.78, 5) is 14.9. The normalized spacial score (nSPS) is 14.7. The van der Waals surface area contributed by atoms with E-state index in [4.69, 9.17) is 9.16 Å². The molecule has 4 nitrogen and oxygen atoms in total. The highest BCUT2D eigenvalue weighted by molar-refractivity contribution is 6.74. The molecule has 1 amide bonds. The van der Waals surface area contributed by atoms with Crippen LogP contribution >= 0.6 is 0 Å². The smallest absolute Gasteiger partial charge is 0.410 e. The van der Waals surface area contributed by atoms with Gasteiger partial charge in [0.15, 0.2) is 8.32 Å². The van der Waals surface area contributed by atoms with E-state index in [-0.39, 0.29) is 23.3 Å². The third-order valence-electron chi connectivity index (χ3n) is 5.81. The van der Waals surface area contributed by atoms with Gasteiger partial charge < -0.3 is 9.16 Å². The van der Waals surface area contributed by atoms with E-state index in [1.165, 1.54) is 0 Å². The molecule has 1 aromatic carbocycles. The number of amides is 1. The van der Waals surface area contributed by atoms with E-state index < -0.39 is 8.32 Å². The van der Waals surface area contributed by atoms with E-state index in [9.17, 15) is 4.79 Å². The largest absolute Gasteiger partial charge is 0.450 e. The van der Waals surface area contributed by atoms with Crippen LogP contribution in [0.15, 0.2) is 42.5 Å². The molecule has 1 aromatic rings. The first-order chi connectivity index (χ1) is 13.9. The van der Waals surface area contributed by atoms with Crippen molar-refractivity contribution in [2.24, 2.45) is 5.92 Å². The van der Waals surface area contributed by atoms with Crippen LogP contribution in [0.5, 0.6) is 0 Å². The molecule has 0 saturated carbocycles. The Labute approximate surface area is 185 Å². The molecule has 2 atom stereocenters. The van der Waals surface area contributed by atoms with Crippen molar-refractivity contribution in [3.63, 3.8) is 0 Å². The van der Waals surface area contributed by atoms with Crippen LogP contribution in [0.25, 0.3) is 0 Å². The van der Waals surface area contributed by atoms with Crippen molar-refractivity contribution in [2.75, 3.05) is 6.61 Å². The molecule has 0 aliphatic rings. The highest BCUT2D eigenvalue weighted by Crippen LogP contribution is 2.38. The molecule has 5 heteroatoms. The maximum atomic E-state index is 13.1. The summed E-state index contributed by atoms with van der Waals surface area (Å²) in [7, 11) is -2.04. The van der Waals surface area contributed by atoms with Gasteiger partial charge in [0, 0.05) is 6.54 Å². The van der Waals surface area contributed by atoms with Gasteiger partial charge in [-0.3, -0.25) is 4.90 Å². The highest BCUT2D eigenvalue weighted by atomic mass is 28.4. The first kappa shape index (κ1) is 26.4. The third kappa shape index (κ3) is 7.92. The van der Waals surface area contributed by atoms with Gasteiger partial charge in [0.05, 0.1) is 18.8 Å². The fourth-order valence-corrected chi connectivity index (χ4v) is 4.45. The van der Waals surface area contributed by atoms with Crippen LogP contribution in [0.4, 0.5) is 4.79 Å². The topological polar surface area (TPSA) is 38.8 Å². The lowest BCUT2D eigenvalue weighted by Crippen LogP contribution is -2.53. The molecule has 170 valence electrons. The third-order valence-corrected chi connectivity index (χ3v) is 10.3. The minimum absolute atomic E-state index is 0.0867. The minimum Gasteiger partial charge on any atom is -0.450 e. The molecule has 0 bridgehead atoms. The summed E-state index contributed by atoms with van der Waals surface area (Å²) in [5, 5.41) is 0.0867. The SMILES string of the molecule is C/C=C/[C@H](O[Si](C)(C)C(C)(C)C)[C@H](CC(C)C)N(Cc1ccccc1)C(=O)OCC. The first-order valence-corrected chi connectivity index (χ1v) is 14.1. The summed E-state index contributed by atoms with van der Waals surface area (Å²) >= 11 is 0. The molecule has 30 heavy (non-hydrogen) atoms. The van der Waals surface area contributed by atoms with Gasteiger partial charge in [-0.05, 0) is 49.9 Å². The summed E-state index contributed by atoms with van der Waals surface area (Å²) < 4.78 is 12.3. The Kier molecular flexibility index (Phi) is 10.3. The van der Waals surface area contributed by atoms with Crippen molar-refractivity contribution in [3.8, 4) is 0 Å². The molecule has 0 aliphatic heterocycles. The molecule has 0 spiro atoms. The number of rotatable bonds is 10. The van der Waals surface area contributed by atoms with Gasteiger partial charge in [-0.1, -0.05) is 77.1 Å². The van der Waals surface area contributed by atoms with Crippen molar-refractivity contribution in [1.82, 2.24) is 4.90 Å². The Bertz CT molecular complexity index is 665. The molecule has 1 rings (SSSR count). The predicted molar refractivity (Wildman–Crippen MR) is 129 cm³/mol. The molecule has 0 aromatic heterocycles. The van der Waals surface area contributed by atoms with Crippen LogP contribution in [-0.4, -0.2) is 38.1 Å². The molecular weight excluding hydrogens is 390 g/mol. The van der Waals surface area contributed by atoms with E-state index in [1.54, 1.807) is 0 Å². The number of benzene rings is 1. The van der Waals surface area contributed by atoms with Crippen molar-refractivity contribution in [1.29, 1.82) is 0 Å². The van der Waals surface area contributed by atoms with Gasteiger partial charge in [-0.2, -0.15) is 0 Å². The number of carbonyl (C=O) groups excluding carboxylic acids is 1. The van der Waals surface area contributed by atoms with Crippen molar-refractivity contribution in [2.45, 2.75) is 91.7 Å². The lowest BCUT2D eigenvalue weighted by molar-refractivity contribution is 0.0442. The summed E-state index contributed by atoms with van der Waals surface area (Å²) in [6.07, 6.45) is 4.54. The molecule has 0 N–H and O–H groups in total. The van der Waals surface area contributed by atoms with Gasteiger partial charge in [0.2, 0.25) is 0 Å². The Morgan fingerprint density at radius 1 is 1.17 bits per heavy atom. The number of hydrogen-bond acceptors (Lipinski definition) is 3. The number of ether oxygens (including phenoxy) is 1. The zero-order valence-electron chi connectivity index (χ0n) is 20.6. The standard InChI is InChI=1S/C25H43NO3Si/c1-10-15-23(29-30(8,9)25(5,6)7)22(18-20(3)4)26(24(27)28-11-2)19-21-16-13-12-14-17-21/h10,12-17,20,22-23H,11,18-19H2,1-9H3/b15-10+/t22-,23-/m0/s1. The van der Waals surface area contributed by atoms with Gasteiger partial charge in [-0.15, -0.1) is 0 Å². The number of hydrogen-bond donors (Lipinski definition) is 0. The van der Waals surface area contributed by atoms with Crippen molar-refractivity contribution >= 4 is 14.4 Å². The van der Waals surface area contributed by atoms with Gasteiger partial charge in [0.25, 0.3) is 0 Å². The van der Waals surface area contributed by atoms with Crippen LogP contribution in [0.2, 0.25) is 18.1 Å². The fourth-order valence-electron chi connectivity index (χ4n) is 3.18. The van der Waals surface area contributed by atoms with Crippen molar-refractivity contribution < 1.29 is 14.0 Å². The lowest BCUT2D eigenvalue weighted by Gasteiger charge is -2.43. The summed E-state index contributed by atoms with van der Waals surface area (Å²) in [6, 6.07) is 10.0. The maximum Gasteiger partial charge on any atom is 0.410 e. The van der Waals surface area contributed by atoms with Crippen LogP contribution in [0.1, 0.15) is 60.5 Å². The van der Waals surface area contributed by atoms with Crippen LogP contribution < -0.4 is 0 Å². The fraction of sp³-hybridized carbons (Fsp3) is 0.640. The second-order valence-corrected chi connectivity index (χ2v) is 14.6. The van der Waals surface area contributed by atoms with Gasteiger partial charge in [-0.25, -0.2) is 4.79 Å². The highest BCUT2D eigenvalue weighted by Gasteiger charge is 2.42. The summed E-state index contributed by atoms with van der Waals surface area (Å²) in [5.41, 5.74) is 1.09. The zero-order chi connectivity index (χ0) is 22.9. The molecule has 0 unspecified atom stereocenters. The Hall–Kier alpha value is -1.59. The molecular formula is C25H43NO3Si. The van der Waals surface area contributed by atoms with Gasteiger partial charge >= 0.3 is 6.09 Å². The van der Waals surface area contributed by atoms with Gasteiger partial charge in [0.1, 0.15) is 0 Å². The van der Waals surface area contributed by atoms with E-state index in [2.05, 4.69) is 65.9 Å². The first-order valence-electron chi connectivity index (χ1n) is 11.2. The number of allylic oxidation sites excluding steroid dienone is 1. The number of carbonyl (C=O) groups is 1. The maximum absolute atomic E-state index is 13.1. The van der Waals surface area contributed by atoms with Crippen LogP contribution in [0, 0.1) is 5.92 Å². The zero-order valence-corrected chi connectivity index (χ0v) is 21.6. The molecule has 0 radical (unpaired) electrons. The Morgan fingerprint density at radius 2 is 1.77 bits per heavy atom.